The van der Waals surface area contributed by atoms with Gasteiger partial charge in [-0.05, 0) is 12.3 Å². The maximum absolute atomic E-state index is 11.6. The van der Waals surface area contributed by atoms with Crippen LogP contribution in [0.15, 0.2) is 0 Å². The van der Waals surface area contributed by atoms with Crippen molar-refractivity contribution in [3.8, 4) is 0 Å². The second kappa shape index (κ2) is 5.00. The Hall–Kier alpha value is 0.150. The van der Waals surface area contributed by atoms with Gasteiger partial charge in [0.05, 0.1) is 0 Å². The molecule has 3 nitrogen and oxygen atoms in total. The number of aliphatic hydroxyl groups excluding tert-OH is 1. The van der Waals surface area contributed by atoms with Crippen LogP contribution in [0.25, 0.3) is 0 Å². The van der Waals surface area contributed by atoms with Gasteiger partial charge in [-0.25, -0.2) is 0 Å². The van der Waals surface area contributed by atoms with Crippen molar-refractivity contribution in [1.29, 1.82) is 0 Å². The lowest BCUT2D eigenvalue weighted by atomic mass is 10.2. The molecule has 74 valence electrons. The second-order valence-electron chi connectivity index (χ2n) is 3.48. The largest absolute Gasteiger partial charge is 0.396 e. The van der Waals surface area contributed by atoms with Crippen molar-refractivity contribution in [2.75, 3.05) is 12.8 Å². The lowest BCUT2D eigenvalue weighted by molar-refractivity contribution is 0.246. The zero-order chi connectivity index (χ0) is 9.78. The van der Waals surface area contributed by atoms with Gasteiger partial charge in [-0.2, -0.15) is 0 Å². The Morgan fingerprint density at radius 3 is 2.25 bits per heavy atom. The highest BCUT2D eigenvalue weighted by molar-refractivity contribution is 7.58. The third kappa shape index (κ3) is 3.70. The van der Waals surface area contributed by atoms with Gasteiger partial charge in [0.2, 0.25) is 7.37 Å². The minimum absolute atomic E-state index is 0.0129. The number of rotatable bonds is 5. The third-order valence-corrected chi connectivity index (χ3v) is 5.05. The van der Waals surface area contributed by atoms with E-state index in [-0.39, 0.29) is 24.3 Å². The molecule has 0 aliphatic heterocycles. The summed E-state index contributed by atoms with van der Waals surface area (Å²) in [6, 6.07) is 0. The summed E-state index contributed by atoms with van der Waals surface area (Å²) in [5, 5.41) is 8.72. The predicted molar refractivity (Wildman–Crippen MR) is 50.7 cm³/mol. The Bertz CT molecular complexity index is 170. The predicted octanol–water partition coefficient (Wildman–Crippen LogP) is 1.68. The minimum Gasteiger partial charge on any atom is -0.396 e. The lowest BCUT2D eigenvalue weighted by Crippen LogP contribution is -2.13. The molecule has 0 radical (unpaired) electrons. The van der Waals surface area contributed by atoms with Crippen LogP contribution in [0.4, 0.5) is 0 Å². The van der Waals surface area contributed by atoms with Crippen molar-refractivity contribution in [1.82, 2.24) is 0 Å². The standard InChI is InChI=1S/C8H19O3P/c1-4-8(3)12(10,11)6-7(2)5-9/h7-9H,4-6H2,1-3H3,(H,10,11). The molecule has 0 amide bonds. The molecular weight excluding hydrogens is 175 g/mol. The Balaban J connectivity index is 4.12. The van der Waals surface area contributed by atoms with Crippen LogP contribution in [0.1, 0.15) is 27.2 Å². The monoisotopic (exact) mass is 194 g/mol. The summed E-state index contributed by atoms with van der Waals surface area (Å²) in [6.07, 6.45) is 0.949. The van der Waals surface area contributed by atoms with Crippen LogP contribution in [0, 0.1) is 5.92 Å². The summed E-state index contributed by atoms with van der Waals surface area (Å²) in [4.78, 5) is 9.53. The normalized spacial score (nSPS) is 21.4. The fraction of sp³-hybridized carbons (Fsp3) is 1.00. The first-order chi connectivity index (χ1) is 5.44. The average Bonchev–Trinajstić information content (AvgIpc) is 2.02. The first-order valence-corrected chi connectivity index (χ1v) is 6.27. The maximum Gasteiger partial charge on any atom is 0.203 e. The minimum atomic E-state index is -3.02. The average molecular weight is 194 g/mol. The van der Waals surface area contributed by atoms with E-state index in [0.717, 1.165) is 0 Å². The molecule has 12 heavy (non-hydrogen) atoms. The molecule has 2 N–H and O–H groups in total. The van der Waals surface area contributed by atoms with Crippen LogP contribution in [-0.4, -0.2) is 28.4 Å². The Kier molecular flexibility index (Phi) is 5.07. The van der Waals surface area contributed by atoms with E-state index in [1.54, 1.807) is 13.8 Å². The van der Waals surface area contributed by atoms with Crippen LogP contribution in [0.3, 0.4) is 0 Å². The van der Waals surface area contributed by atoms with E-state index in [2.05, 4.69) is 0 Å². The van der Waals surface area contributed by atoms with Crippen molar-refractivity contribution >= 4 is 7.37 Å². The van der Waals surface area contributed by atoms with E-state index in [9.17, 15) is 9.46 Å². The number of aliphatic hydroxyl groups is 1. The first kappa shape index (κ1) is 12.2. The summed E-state index contributed by atoms with van der Waals surface area (Å²) in [7, 11) is -3.02. The zero-order valence-corrected chi connectivity index (χ0v) is 8.92. The highest BCUT2D eigenvalue weighted by Gasteiger charge is 2.27. The first-order valence-electron chi connectivity index (χ1n) is 4.36. The molecular formula is C8H19O3P. The molecule has 0 fully saturated rings. The highest BCUT2D eigenvalue weighted by Crippen LogP contribution is 2.48. The molecule has 0 aromatic carbocycles. The molecule has 0 spiro atoms. The SMILES string of the molecule is CCC(C)P(=O)(O)CC(C)CO. The molecule has 0 rings (SSSR count). The van der Waals surface area contributed by atoms with Crippen LogP contribution in [0.2, 0.25) is 0 Å². The molecule has 0 saturated carbocycles. The summed E-state index contributed by atoms with van der Waals surface area (Å²) >= 11 is 0. The van der Waals surface area contributed by atoms with E-state index < -0.39 is 7.37 Å². The van der Waals surface area contributed by atoms with Crippen LogP contribution < -0.4 is 0 Å². The molecule has 0 aromatic rings. The molecule has 3 atom stereocenters. The molecule has 4 heteroatoms. The topological polar surface area (TPSA) is 57.5 Å². The van der Waals surface area contributed by atoms with Crippen LogP contribution >= 0.6 is 7.37 Å². The molecule has 0 heterocycles. The van der Waals surface area contributed by atoms with Gasteiger partial charge in [0, 0.05) is 18.4 Å². The zero-order valence-electron chi connectivity index (χ0n) is 8.03. The summed E-state index contributed by atoms with van der Waals surface area (Å²) in [5.41, 5.74) is -0.147. The van der Waals surface area contributed by atoms with E-state index in [1.807, 2.05) is 6.92 Å². The molecule has 0 aliphatic rings. The Morgan fingerprint density at radius 2 is 1.92 bits per heavy atom. The number of hydrogen-bond donors (Lipinski definition) is 2. The second-order valence-corrected chi connectivity index (χ2v) is 6.24. The Labute approximate surface area is 74.3 Å². The fourth-order valence-electron chi connectivity index (χ4n) is 0.970. The van der Waals surface area contributed by atoms with Gasteiger partial charge in [-0.1, -0.05) is 20.8 Å². The Morgan fingerprint density at radius 1 is 1.42 bits per heavy atom. The van der Waals surface area contributed by atoms with E-state index >= 15 is 0 Å². The lowest BCUT2D eigenvalue weighted by Gasteiger charge is -2.20. The quantitative estimate of drug-likeness (QED) is 0.655. The molecule has 3 unspecified atom stereocenters. The van der Waals surface area contributed by atoms with Gasteiger partial charge >= 0.3 is 0 Å². The number of hydrogen-bond acceptors (Lipinski definition) is 2. The van der Waals surface area contributed by atoms with Crippen molar-refractivity contribution in [2.24, 2.45) is 5.92 Å². The van der Waals surface area contributed by atoms with E-state index in [1.165, 1.54) is 0 Å². The van der Waals surface area contributed by atoms with Gasteiger partial charge < -0.3 is 10.00 Å². The molecule has 0 bridgehead atoms. The third-order valence-electron chi connectivity index (χ3n) is 2.16. The van der Waals surface area contributed by atoms with Crippen molar-refractivity contribution in [3.63, 3.8) is 0 Å². The van der Waals surface area contributed by atoms with Gasteiger partial charge in [-0.3, -0.25) is 4.57 Å². The highest BCUT2D eigenvalue weighted by atomic mass is 31.2. The van der Waals surface area contributed by atoms with Crippen molar-refractivity contribution < 1.29 is 14.6 Å². The summed E-state index contributed by atoms with van der Waals surface area (Å²) in [6.45, 7) is 5.45. The van der Waals surface area contributed by atoms with E-state index in [0.29, 0.717) is 6.42 Å². The fourth-order valence-corrected chi connectivity index (χ4v) is 2.91. The smallest absolute Gasteiger partial charge is 0.203 e. The summed E-state index contributed by atoms with van der Waals surface area (Å²) < 4.78 is 11.6. The van der Waals surface area contributed by atoms with Gasteiger partial charge in [-0.15, -0.1) is 0 Å². The van der Waals surface area contributed by atoms with E-state index in [4.69, 9.17) is 5.11 Å². The van der Waals surface area contributed by atoms with Crippen molar-refractivity contribution in [3.05, 3.63) is 0 Å². The van der Waals surface area contributed by atoms with Gasteiger partial charge in [0.15, 0.2) is 0 Å². The van der Waals surface area contributed by atoms with Crippen LogP contribution in [0.5, 0.6) is 0 Å². The molecule has 0 aliphatic carbocycles. The maximum atomic E-state index is 11.6. The van der Waals surface area contributed by atoms with Crippen molar-refractivity contribution in [2.45, 2.75) is 32.9 Å². The van der Waals surface area contributed by atoms with Crippen LogP contribution in [-0.2, 0) is 4.57 Å². The summed E-state index contributed by atoms with van der Waals surface area (Å²) in [5.74, 6) is -0.0742. The molecule has 0 aromatic heterocycles. The van der Waals surface area contributed by atoms with Gasteiger partial charge in [0.1, 0.15) is 0 Å². The van der Waals surface area contributed by atoms with Gasteiger partial charge in [0.25, 0.3) is 0 Å². The molecule has 0 saturated heterocycles.